The third-order valence-corrected chi connectivity index (χ3v) is 5.64. The van der Waals surface area contributed by atoms with Gasteiger partial charge >= 0.3 is 17.3 Å². The molecule has 0 aliphatic carbocycles. The predicted octanol–water partition coefficient (Wildman–Crippen LogP) is 2.69. The Morgan fingerprint density at radius 1 is 1.03 bits per heavy atom. The summed E-state index contributed by atoms with van der Waals surface area (Å²) in [5, 5.41) is 0. The smallest absolute Gasteiger partial charge is 0.368 e. The lowest BCUT2D eigenvalue weighted by atomic mass is 10.1. The number of halogens is 3. The Bertz CT molecular complexity index is 1290. The van der Waals surface area contributed by atoms with Crippen molar-refractivity contribution in [3.8, 4) is 0 Å². The van der Waals surface area contributed by atoms with E-state index < -0.39 is 22.9 Å². The van der Waals surface area contributed by atoms with Gasteiger partial charge in [0, 0.05) is 44.0 Å². The van der Waals surface area contributed by atoms with Gasteiger partial charge in [-0.3, -0.25) is 14.4 Å². The van der Waals surface area contributed by atoms with E-state index in [4.69, 9.17) is 0 Å². The molecule has 7 nitrogen and oxygen atoms in total. The van der Waals surface area contributed by atoms with Crippen molar-refractivity contribution in [2.45, 2.75) is 19.6 Å². The van der Waals surface area contributed by atoms with Crippen LogP contribution < -0.4 is 16.0 Å². The van der Waals surface area contributed by atoms with Gasteiger partial charge in [-0.15, -0.1) is 0 Å². The summed E-state index contributed by atoms with van der Waals surface area (Å²) in [5.74, 6) is -0.245. The number of anilines is 1. The Kier molecular flexibility index (Phi) is 5.53. The fourth-order valence-corrected chi connectivity index (χ4v) is 3.96. The normalized spacial score (nSPS) is 14.8. The van der Waals surface area contributed by atoms with Gasteiger partial charge in [0.05, 0.1) is 16.6 Å². The van der Waals surface area contributed by atoms with E-state index in [1.54, 1.807) is 36.1 Å². The number of aromatic nitrogens is 2. The summed E-state index contributed by atoms with van der Waals surface area (Å²) in [6, 6.07) is 9.93. The van der Waals surface area contributed by atoms with E-state index in [2.05, 4.69) is 4.98 Å². The summed E-state index contributed by atoms with van der Waals surface area (Å²) >= 11 is 0. The molecule has 10 heteroatoms. The molecule has 1 aliphatic heterocycles. The van der Waals surface area contributed by atoms with Gasteiger partial charge in [-0.25, -0.2) is 0 Å². The second-order valence-corrected chi connectivity index (χ2v) is 7.56. The highest BCUT2D eigenvalue weighted by molar-refractivity contribution is 5.97. The predicted molar refractivity (Wildman–Crippen MR) is 114 cm³/mol. The minimum Gasteiger partial charge on any atom is -0.368 e. The summed E-state index contributed by atoms with van der Waals surface area (Å²) in [6.07, 6.45) is -4.41. The van der Waals surface area contributed by atoms with Gasteiger partial charge in [-0.2, -0.15) is 13.2 Å². The molecule has 3 aromatic rings. The third kappa shape index (κ3) is 4.00. The summed E-state index contributed by atoms with van der Waals surface area (Å²) in [7, 11) is 0. The fourth-order valence-electron chi connectivity index (χ4n) is 3.96. The molecule has 32 heavy (non-hydrogen) atoms. The molecule has 1 saturated heterocycles. The molecular formula is C22H21F3N4O3. The molecule has 1 amide bonds. The number of fused-ring (bicyclic) bond motifs is 1. The SMILES string of the molecule is CCn1c(=O)c(=O)[nH]c2cc(C(=O)N3CCN(c4cccc(C(F)(F)F)c4)CC3)ccc21. The van der Waals surface area contributed by atoms with Crippen LogP contribution in [0, 0.1) is 0 Å². The molecule has 2 heterocycles. The van der Waals surface area contributed by atoms with Crippen LogP contribution in [0.2, 0.25) is 0 Å². The molecule has 2 aromatic carbocycles. The number of piperazine rings is 1. The van der Waals surface area contributed by atoms with E-state index in [1.807, 2.05) is 4.90 Å². The maximum atomic E-state index is 13.0. The number of nitrogens with zero attached hydrogens (tertiary/aromatic N) is 3. The molecule has 1 aromatic heterocycles. The number of alkyl halides is 3. The number of aryl methyl sites for hydroxylation is 1. The second-order valence-electron chi connectivity index (χ2n) is 7.56. The first-order valence-electron chi connectivity index (χ1n) is 10.2. The van der Waals surface area contributed by atoms with Crippen molar-refractivity contribution < 1.29 is 18.0 Å². The average molecular weight is 446 g/mol. The summed E-state index contributed by atoms with van der Waals surface area (Å²) < 4.78 is 40.3. The number of rotatable bonds is 3. The van der Waals surface area contributed by atoms with Crippen LogP contribution in [-0.2, 0) is 12.7 Å². The van der Waals surface area contributed by atoms with Crippen LogP contribution in [0.1, 0.15) is 22.8 Å². The van der Waals surface area contributed by atoms with Gasteiger partial charge < -0.3 is 19.4 Å². The number of hydrogen-bond donors (Lipinski definition) is 1. The Labute approximate surface area is 180 Å². The lowest BCUT2D eigenvalue weighted by Gasteiger charge is -2.36. The van der Waals surface area contributed by atoms with Crippen LogP contribution in [0.15, 0.2) is 52.1 Å². The van der Waals surface area contributed by atoms with Crippen LogP contribution >= 0.6 is 0 Å². The van der Waals surface area contributed by atoms with Gasteiger partial charge in [0.1, 0.15) is 0 Å². The second kappa shape index (κ2) is 8.18. The number of carbonyl (C=O) groups is 1. The number of nitrogens with one attached hydrogen (secondary N) is 1. The maximum Gasteiger partial charge on any atom is 0.416 e. The number of benzene rings is 2. The molecule has 0 bridgehead atoms. The molecule has 4 rings (SSSR count). The topological polar surface area (TPSA) is 78.4 Å². The molecule has 1 fully saturated rings. The number of hydrogen-bond acceptors (Lipinski definition) is 4. The zero-order valence-corrected chi connectivity index (χ0v) is 17.3. The molecular weight excluding hydrogens is 425 g/mol. The van der Waals surface area contributed by atoms with Gasteiger partial charge in [0.2, 0.25) is 0 Å². The summed E-state index contributed by atoms with van der Waals surface area (Å²) in [4.78, 5) is 42.8. The van der Waals surface area contributed by atoms with E-state index in [9.17, 15) is 27.6 Å². The van der Waals surface area contributed by atoms with E-state index >= 15 is 0 Å². The number of H-pyrrole nitrogens is 1. The maximum absolute atomic E-state index is 13.0. The molecule has 168 valence electrons. The van der Waals surface area contributed by atoms with Crippen molar-refractivity contribution in [2.24, 2.45) is 0 Å². The highest BCUT2D eigenvalue weighted by Crippen LogP contribution is 2.32. The summed E-state index contributed by atoms with van der Waals surface area (Å²) in [6.45, 7) is 3.56. The van der Waals surface area contributed by atoms with Gasteiger partial charge in [-0.05, 0) is 43.3 Å². The Balaban J connectivity index is 1.51. The zero-order chi connectivity index (χ0) is 23.0. The minimum atomic E-state index is -4.41. The highest BCUT2D eigenvalue weighted by atomic mass is 19.4. The van der Waals surface area contributed by atoms with Crippen molar-refractivity contribution in [3.05, 3.63) is 74.3 Å². The van der Waals surface area contributed by atoms with Crippen molar-refractivity contribution in [1.29, 1.82) is 0 Å². The lowest BCUT2D eigenvalue weighted by Crippen LogP contribution is -2.48. The lowest BCUT2D eigenvalue weighted by molar-refractivity contribution is -0.137. The van der Waals surface area contributed by atoms with Crippen molar-refractivity contribution in [1.82, 2.24) is 14.5 Å². The molecule has 0 radical (unpaired) electrons. The van der Waals surface area contributed by atoms with Crippen LogP contribution in [0.3, 0.4) is 0 Å². The Hall–Kier alpha value is -3.56. The largest absolute Gasteiger partial charge is 0.416 e. The van der Waals surface area contributed by atoms with Crippen LogP contribution in [0.25, 0.3) is 11.0 Å². The van der Waals surface area contributed by atoms with Crippen LogP contribution in [0.4, 0.5) is 18.9 Å². The first-order chi connectivity index (χ1) is 15.2. The monoisotopic (exact) mass is 446 g/mol. The quantitative estimate of drug-likeness (QED) is 0.628. The molecule has 0 atom stereocenters. The molecule has 0 unspecified atom stereocenters. The van der Waals surface area contributed by atoms with E-state index in [0.29, 0.717) is 55.0 Å². The van der Waals surface area contributed by atoms with Crippen molar-refractivity contribution in [3.63, 3.8) is 0 Å². The van der Waals surface area contributed by atoms with E-state index in [0.717, 1.165) is 12.1 Å². The standard InChI is InChI=1S/C22H21F3N4O3/c1-2-29-18-7-6-14(12-17(18)26-19(30)21(29)32)20(31)28-10-8-27(9-11-28)16-5-3-4-15(13-16)22(23,24)25/h3-7,12-13H,2,8-11H2,1H3,(H,26,30). The fraction of sp³-hybridized carbons (Fsp3) is 0.318. The molecule has 0 saturated carbocycles. The van der Waals surface area contributed by atoms with Crippen molar-refractivity contribution in [2.75, 3.05) is 31.1 Å². The van der Waals surface area contributed by atoms with E-state index in [-0.39, 0.29) is 5.91 Å². The van der Waals surface area contributed by atoms with E-state index in [1.165, 1.54) is 10.6 Å². The average Bonchev–Trinajstić information content (AvgIpc) is 2.79. The number of carbonyl (C=O) groups excluding carboxylic acids is 1. The Morgan fingerprint density at radius 3 is 2.41 bits per heavy atom. The number of aromatic amines is 1. The minimum absolute atomic E-state index is 0.245. The highest BCUT2D eigenvalue weighted by Gasteiger charge is 2.31. The molecule has 1 aliphatic rings. The van der Waals surface area contributed by atoms with Gasteiger partial charge in [0.25, 0.3) is 5.91 Å². The zero-order valence-electron chi connectivity index (χ0n) is 17.3. The van der Waals surface area contributed by atoms with Gasteiger partial charge in [-0.1, -0.05) is 6.07 Å². The first kappa shape index (κ1) is 21.7. The number of amides is 1. The van der Waals surface area contributed by atoms with Crippen molar-refractivity contribution >= 4 is 22.6 Å². The first-order valence-corrected chi connectivity index (χ1v) is 10.2. The van der Waals surface area contributed by atoms with Crippen LogP contribution in [0.5, 0.6) is 0 Å². The molecule has 1 N–H and O–H groups in total. The van der Waals surface area contributed by atoms with Crippen LogP contribution in [-0.4, -0.2) is 46.5 Å². The summed E-state index contributed by atoms with van der Waals surface area (Å²) in [5.41, 5.74) is -0.352. The van der Waals surface area contributed by atoms with Gasteiger partial charge in [0.15, 0.2) is 0 Å². The third-order valence-electron chi connectivity index (χ3n) is 5.64. The molecule has 0 spiro atoms. The Morgan fingerprint density at radius 2 is 1.75 bits per heavy atom.